The van der Waals surface area contributed by atoms with Crippen LogP contribution < -0.4 is 5.32 Å². The fourth-order valence-corrected chi connectivity index (χ4v) is 2.45. The van der Waals surface area contributed by atoms with Gasteiger partial charge in [-0.3, -0.25) is 9.69 Å². The summed E-state index contributed by atoms with van der Waals surface area (Å²) in [7, 11) is 0. The van der Waals surface area contributed by atoms with Crippen LogP contribution in [0.2, 0.25) is 0 Å². The number of amides is 1. The van der Waals surface area contributed by atoms with Crippen molar-refractivity contribution in [3.05, 3.63) is 35.9 Å². The van der Waals surface area contributed by atoms with E-state index >= 15 is 0 Å². The highest BCUT2D eigenvalue weighted by atomic mass is 35.5. The zero-order valence-electron chi connectivity index (χ0n) is 11.6. The van der Waals surface area contributed by atoms with E-state index in [0.717, 1.165) is 32.7 Å². The molecule has 0 aliphatic carbocycles. The molecule has 1 atom stereocenters. The van der Waals surface area contributed by atoms with Gasteiger partial charge in [0.05, 0.1) is 12.7 Å². The minimum absolute atomic E-state index is 0.0195. The molecule has 1 unspecified atom stereocenters. The Balaban J connectivity index is 1.73. The number of hydrogen-bond donors (Lipinski definition) is 1. The SMILES string of the molecule is O=C(CCl)NCCC1CN(Cc2ccccc2)CCO1. The highest BCUT2D eigenvalue weighted by molar-refractivity contribution is 6.27. The molecule has 20 heavy (non-hydrogen) atoms. The van der Waals surface area contributed by atoms with E-state index in [1.807, 2.05) is 6.07 Å². The Labute approximate surface area is 125 Å². The summed E-state index contributed by atoms with van der Waals surface area (Å²) in [5, 5.41) is 2.77. The third kappa shape index (κ3) is 5.12. The second kappa shape index (κ2) is 8.25. The first-order chi connectivity index (χ1) is 9.78. The molecule has 1 aliphatic heterocycles. The van der Waals surface area contributed by atoms with Gasteiger partial charge in [0.2, 0.25) is 5.91 Å². The van der Waals surface area contributed by atoms with Crippen molar-refractivity contribution in [1.82, 2.24) is 10.2 Å². The average molecular weight is 297 g/mol. The van der Waals surface area contributed by atoms with Gasteiger partial charge in [-0.2, -0.15) is 0 Å². The summed E-state index contributed by atoms with van der Waals surface area (Å²) in [6.07, 6.45) is 1.01. The Bertz CT molecular complexity index is 414. The van der Waals surface area contributed by atoms with Crippen molar-refractivity contribution in [2.45, 2.75) is 19.1 Å². The number of halogens is 1. The van der Waals surface area contributed by atoms with Crippen molar-refractivity contribution in [1.29, 1.82) is 0 Å². The molecule has 0 saturated carbocycles. The van der Waals surface area contributed by atoms with E-state index in [2.05, 4.69) is 34.5 Å². The monoisotopic (exact) mass is 296 g/mol. The predicted molar refractivity (Wildman–Crippen MR) is 79.8 cm³/mol. The van der Waals surface area contributed by atoms with Crippen molar-refractivity contribution in [3.63, 3.8) is 0 Å². The van der Waals surface area contributed by atoms with E-state index in [0.29, 0.717) is 6.54 Å². The molecule has 4 nitrogen and oxygen atoms in total. The van der Waals surface area contributed by atoms with Gasteiger partial charge in [-0.05, 0) is 12.0 Å². The summed E-state index contributed by atoms with van der Waals surface area (Å²) < 4.78 is 5.74. The van der Waals surface area contributed by atoms with Crippen LogP contribution in [0.25, 0.3) is 0 Å². The van der Waals surface area contributed by atoms with Crippen LogP contribution >= 0.6 is 11.6 Å². The Morgan fingerprint density at radius 3 is 2.95 bits per heavy atom. The van der Waals surface area contributed by atoms with Crippen molar-refractivity contribution < 1.29 is 9.53 Å². The normalized spacial score (nSPS) is 19.8. The zero-order valence-corrected chi connectivity index (χ0v) is 12.3. The number of benzene rings is 1. The number of rotatable bonds is 6. The lowest BCUT2D eigenvalue weighted by Crippen LogP contribution is -2.43. The maximum Gasteiger partial charge on any atom is 0.234 e. The molecule has 0 aromatic heterocycles. The second-order valence-corrected chi connectivity index (χ2v) is 5.25. The summed E-state index contributed by atoms with van der Waals surface area (Å²) >= 11 is 5.44. The molecule has 1 saturated heterocycles. The molecule has 110 valence electrons. The topological polar surface area (TPSA) is 41.6 Å². The van der Waals surface area contributed by atoms with E-state index in [1.165, 1.54) is 5.56 Å². The summed E-state index contributed by atoms with van der Waals surface area (Å²) in [5.41, 5.74) is 1.32. The van der Waals surface area contributed by atoms with Crippen molar-refractivity contribution in [3.8, 4) is 0 Å². The fourth-order valence-electron chi connectivity index (χ4n) is 2.36. The van der Waals surface area contributed by atoms with Gasteiger partial charge < -0.3 is 10.1 Å². The third-order valence-electron chi connectivity index (χ3n) is 3.38. The quantitative estimate of drug-likeness (QED) is 0.811. The number of hydrogen-bond acceptors (Lipinski definition) is 3. The summed E-state index contributed by atoms with van der Waals surface area (Å²) in [6, 6.07) is 10.4. The molecule has 0 radical (unpaired) electrons. The highest BCUT2D eigenvalue weighted by Gasteiger charge is 2.20. The van der Waals surface area contributed by atoms with Crippen LogP contribution in [-0.4, -0.2) is 49.0 Å². The van der Waals surface area contributed by atoms with Gasteiger partial charge in [0.25, 0.3) is 0 Å². The Morgan fingerprint density at radius 2 is 2.20 bits per heavy atom. The molecule has 5 heteroatoms. The van der Waals surface area contributed by atoms with Crippen LogP contribution in [0.15, 0.2) is 30.3 Å². The van der Waals surface area contributed by atoms with Gasteiger partial charge in [-0.25, -0.2) is 0 Å². The van der Waals surface area contributed by atoms with Crippen LogP contribution in [0.3, 0.4) is 0 Å². The molecule has 1 aliphatic rings. The molecule has 1 amide bonds. The number of morpholine rings is 1. The molecular formula is C15H21ClN2O2. The fraction of sp³-hybridized carbons (Fsp3) is 0.533. The van der Waals surface area contributed by atoms with Gasteiger partial charge in [0.1, 0.15) is 5.88 Å². The number of ether oxygens (including phenoxy) is 1. The lowest BCUT2D eigenvalue weighted by molar-refractivity contribution is -0.118. The predicted octanol–water partition coefficient (Wildman–Crippen LogP) is 1.63. The molecule has 0 bridgehead atoms. The molecule has 1 N–H and O–H groups in total. The van der Waals surface area contributed by atoms with Crippen LogP contribution in [0.5, 0.6) is 0 Å². The lowest BCUT2D eigenvalue weighted by Gasteiger charge is -2.33. The highest BCUT2D eigenvalue weighted by Crippen LogP contribution is 2.12. The maximum atomic E-state index is 11.1. The number of alkyl halides is 1. The molecule has 1 heterocycles. The standard InChI is InChI=1S/C15H21ClN2O2/c16-10-15(19)17-7-6-14-12-18(8-9-20-14)11-13-4-2-1-3-5-13/h1-5,14H,6-12H2,(H,17,19). The van der Waals surface area contributed by atoms with Gasteiger partial charge in [-0.15, -0.1) is 11.6 Å². The lowest BCUT2D eigenvalue weighted by atomic mass is 10.1. The minimum Gasteiger partial charge on any atom is -0.375 e. The Hall–Kier alpha value is -1.10. The van der Waals surface area contributed by atoms with Gasteiger partial charge >= 0.3 is 0 Å². The van der Waals surface area contributed by atoms with E-state index in [9.17, 15) is 4.79 Å². The molecule has 1 aromatic rings. The molecule has 1 aromatic carbocycles. The third-order valence-corrected chi connectivity index (χ3v) is 3.62. The summed E-state index contributed by atoms with van der Waals surface area (Å²) in [5.74, 6) is -0.102. The van der Waals surface area contributed by atoms with E-state index in [1.54, 1.807) is 0 Å². The maximum absolute atomic E-state index is 11.1. The molecule has 0 spiro atoms. The summed E-state index contributed by atoms with van der Waals surface area (Å²) in [6.45, 7) is 4.19. The van der Waals surface area contributed by atoms with Crippen LogP contribution in [-0.2, 0) is 16.1 Å². The van der Waals surface area contributed by atoms with Crippen LogP contribution in [0.1, 0.15) is 12.0 Å². The zero-order chi connectivity index (χ0) is 14.2. The van der Waals surface area contributed by atoms with Crippen molar-refractivity contribution >= 4 is 17.5 Å². The number of carbonyl (C=O) groups is 1. The van der Waals surface area contributed by atoms with E-state index in [4.69, 9.17) is 16.3 Å². The smallest absolute Gasteiger partial charge is 0.234 e. The van der Waals surface area contributed by atoms with E-state index < -0.39 is 0 Å². The number of nitrogens with zero attached hydrogens (tertiary/aromatic N) is 1. The number of nitrogens with one attached hydrogen (secondary N) is 1. The molecule has 2 rings (SSSR count). The molecular weight excluding hydrogens is 276 g/mol. The Morgan fingerprint density at radius 1 is 1.40 bits per heavy atom. The average Bonchev–Trinajstić information content (AvgIpc) is 2.48. The van der Waals surface area contributed by atoms with Gasteiger partial charge in [0, 0.05) is 26.2 Å². The summed E-state index contributed by atoms with van der Waals surface area (Å²) in [4.78, 5) is 13.5. The largest absolute Gasteiger partial charge is 0.375 e. The number of carbonyl (C=O) groups excluding carboxylic acids is 1. The van der Waals surface area contributed by atoms with E-state index in [-0.39, 0.29) is 17.9 Å². The van der Waals surface area contributed by atoms with Crippen LogP contribution in [0, 0.1) is 0 Å². The van der Waals surface area contributed by atoms with Gasteiger partial charge in [0.15, 0.2) is 0 Å². The van der Waals surface area contributed by atoms with Crippen LogP contribution in [0.4, 0.5) is 0 Å². The first-order valence-corrected chi connectivity index (χ1v) is 7.52. The first kappa shape index (κ1) is 15.3. The van der Waals surface area contributed by atoms with Crippen molar-refractivity contribution in [2.75, 3.05) is 32.1 Å². The second-order valence-electron chi connectivity index (χ2n) is 4.99. The van der Waals surface area contributed by atoms with Crippen molar-refractivity contribution in [2.24, 2.45) is 0 Å². The minimum atomic E-state index is -0.122. The van der Waals surface area contributed by atoms with Gasteiger partial charge in [-0.1, -0.05) is 30.3 Å². The Kier molecular flexibility index (Phi) is 6.30. The first-order valence-electron chi connectivity index (χ1n) is 6.98. The molecule has 1 fully saturated rings.